The maximum absolute atomic E-state index is 10.8. The highest BCUT2D eigenvalue weighted by Crippen LogP contribution is 2.24. The lowest BCUT2D eigenvalue weighted by molar-refractivity contribution is -0.119. The van der Waals surface area contributed by atoms with Crippen LogP contribution in [0.3, 0.4) is 0 Å². The monoisotopic (exact) mass is 314 g/mol. The minimum atomic E-state index is -0.999. The number of aliphatic hydroxyl groups is 2. The molecule has 0 spiro atoms. The van der Waals surface area contributed by atoms with E-state index in [4.69, 9.17) is 0 Å². The summed E-state index contributed by atoms with van der Waals surface area (Å²) in [6.07, 6.45) is -1.65. The Bertz CT molecular complexity index is 631. The molecular formula is C18H22N2O3. The Morgan fingerprint density at radius 2 is 1.74 bits per heavy atom. The lowest BCUT2D eigenvalue weighted by Gasteiger charge is -2.19. The average molecular weight is 314 g/mol. The van der Waals surface area contributed by atoms with E-state index in [-0.39, 0.29) is 12.3 Å². The van der Waals surface area contributed by atoms with Crippen LogP contribution < -0.4 is 10.6 Å². The molecular weight excluding hydrogens is 292 g/mol. The van der Waals surface area contributed by atoms with Crippen LogP contribution in [0.4, 0.5) is 11.4 Å². The van der Waals surface area contributed by atoms with Crippen LogP contribution in [-0.4, -0.2) is 28.8 Å². The molecule has 2 atom stereocenters. The first-order chi connectivity index (χ1) is 11.1. The second kappa shape index (κ2) is 8.31. The zero-order chi connectivity index (χ0) is 16.7. The van der Waals surface area contributed by atoms with Gasteiger partial charge in [-0.1, -0.05) is 30.3 Å². The fraction of sp³-hybridized carbons (Fsp3) is 0.278. The van der Waals surface area contributed by atoms with Gasteiger partial charge in [0.2, 0.25) is 5.91 Å². The third-order valence-electron chi connectivity index (χ3n) is 3.47. The van der Waals surface area contributed by atoms with E-state index >= 15 is 0 Å². The first-order valence-corrected chi connectivity index (χ1v) is 7.59. The largest absolute Gasteiger partial charge is 0.390 e. The summed E-state index contributed by atoms with van der Waals surface area (Å²) in [6, 6.07) is 17.0. The lowest BCUT2D eigenvalue weighted by Crippen LogP contribution is -2.27. The number of nitrogens with one attached hydrogen (secondary N) is 2. The van der Waals surface area contributed by atoms with Gasteiger partial charge in [-0.25, -0.2) is 0 Å². The minimum Gasteiger partial charge on any atom is -0.390 e. The SMILES string of the molecule is CC(=O)NCCC(O)C(O)c1cccc(Nc2ccccc2)c1. The molecule has 0 aliphatic rings. The van der Waals surface area contributed by atoms with Gasteiger partial charge in [0.15, 0.2) is 0 Å². The molecule has 122 valence electrons. The van der Waals surface area contributed by atoms with Gasteiger partial charge < -0.3 is 20.8 Å². The first-order valence-electron chi connectivity index (χ1n) is 7.59. The molecule has 2 unspecified atom stereocenters. The third kappa shape index (κ3) is 5.39. The molecule has 5 heteroatoms. The van der Waals surface area contributed by atoms with E-state index in [1.165, 1.54) is 6.92 Å². The fourth-order valence-electron chi connectivity index (χ4n) is 2.26. The zero-order valence-electron chi connectivity index (χ0n) is 13.1. The summed E-state index contributed by atoms with van der Waals surface area (Å²) in [5, 5.41) is 26.1. The van der Waals surface area contributed by atoms with Gasteiger partial charge in [-0.05, 0) is 36.2 Å². The van der Waals surface area contributed by atoms with Gasteiger partial charge in [0, 0.05) is 24.8 Å². The number of aliphatic hydroxyl groups excluding tert-OH is 2. The summed E-state index contributed by atoms with van der Waals surface area (Å²) >= 11 is 0. The molecule has 4 N–H and O–H groups in total. The molecule has 0 aliphatic heterocycles. The van der Waals surface area contributed by atoms with Crippen molar-refractivity contribution in [2.75, 3.05) is 11.9 Å². The quantitative estimate of drug-likeness (QED) is 0.632. The predicted molar refractivity (Wildman–Crippen MR) is 90.4 cm³/mol. The molecule has 0 aromatic heterocycles. The van der Waals surface area contributed by atoms with Crippen molar-refractivity contribution in [3.8, 4) is 0 Å². The third-order valence-corrected chi connectivity index (χ3v) is 3.47. The number of hydrogen-bond donors (Lipinski definition) is 4. The first kappa shape index (κ1) is 17.0. The molecule has 5 nitrogen and oxygen atoms in total. The van der Waals surface area contributed by atoms with Crippen LogP contribution in [0, 0.1) is 0 Å². The Morgan fingerprint density at radius 3 is 2.43 bits per heavy atom. The van der Waals surface area contributed by atoms with Crippen molar-refractivity contribution in [2.24, 2.45) is 0 Å². The predicted octanol–water partition coefficient (Wildman–Crippen LogP) is 2.35. The maximum Gasteiger partial charge on any atom is 0.216 e. The molecule has 2 aromatic rings. The molecule has 1 amide bonds. The number of benzene rings is 2. The number of anilines is 2. The fourth-order valence-corrected chi connectivity index (χ4v) is 2.26. The molecule has 0 saturated heterocycles. The normalized spacial score (nSPS) is 13.2. The van der Waals surface area contributed by atoms with E-state index in [9.17, 15) is 15.0 Å². The van der Waals surface area contributed by atoms with E-state index in [2.05, 4.69) is 10.6 Å². The molecule has 0 bridgehead atoms. The summed E-state index contributed by atoms with van der Waals surface area (Å²) in [4.78, 5) is 10.8. The summed E-state index contributed by atoms with van der Waals surface area (Å²) in [5.41, 5.74) is 2.41. The molecule has 0 aliphatic carbocycles. The second-order valence-corrected chi connectivity index (χ2v) is 5.40. The van der Waals surface area contributed by atoms with Crippen LogP contribution in [0.15, 0.2) is 54.6 Å². The number of rotatable bonds is 7. The minimum absolute atomic E-state index is 0.152. The topological polar surface area (TPSA) is 81.6 Å². The average Bonchev–Trinajstić information content (AvgIpc) is 2.55. The zero-order valence-corrected chi connectivity index (χ0v) is 13.1. The van der Waals surface area contributed by atoms with Crippen molar-refractivity contribution in [1.82, 2.24) is 5.32 Å². The van der Waals surface area contributed by atoms with Crippen molar-refractivity contribution in [2.45, 2.75) is 25.6 Å². The summed E-state index contributed by atoms with van der Waals surface area (Å²) in [6.45, 7) is 1.75. The second-order valence-electron chi connectivity index (χ2n) is 5.40. The molecule has 2 rings (SSSR count). The van der Waals surface area contributed by atoms with Crippen molar-refractivity contribution >= 4 is 17.3 Å². The Kier molecular flexibility index (Phi) is 6.14. The van der Waals surface area contributed by atoms with E-state index in [1.54, 1.807) is 12.1 Å². The van der Waals surface area contributed by atoms with Gasteiger partial charge >= 0.3 is 0 Å². The smallest absolute Gasteiger partial charge is 0.216 e. The van der Waals surface area contributed by atoms with Crippen LogP contribution in [0.5, 0.6) is 0 Å². The van der Waals surface area contributed by atoms with Crippen LogP contribution in [0.25, 0.3) is 0 Å². The highest BCUT2D eigenvalue weighted by atomic mass is 16.3. The van der Waals surface area contributed by atoms with Gasteiger partial charge in [0.1, 0.15) is 6.10 Å². The maximum atomic E-state index is 10.8. The van der Waals surface area contributed by atoms with E-state index in [1.807, 2.05) is 42.5 Å². The Labute approximate surface area is 136 Å². The molecule has 2 aromatic carbocycles. The molecule has 23 heavy (non-hydrogen) atoms. The molecule has 0 saturated carbocycles. The van der Waals surface area contributed by atoms with Gasteiger partial charge in [0.05, 0.1) is 6.10 Å². The van der Waals surface area contributed by atoms with Crippen molar-refractivity contribution in [3.63, 3.8) is 0 Å². The summed E-state index contributed by atoms with van der Waals surface area (Å²) < 4.78 is 0. The number of amides is 1. The number of carbonyl (C=O) groups excluding carboxylic acids is 1. The van der Waals surface area contributed by atoms with E-state index in [0.717, 1.165) is 11.4 Å². The lowest BCUT2D eigenvalue weighted by atomic mass is 10.0. The van der Waals surface area contributed by atoms with Crippen molar-refractivity contribution < 1.29 is 15.0 Å². The van der Waals surface area contributed by atoms with Crippen LogP contribution >= 0.6 is 0 Å². The number of para-hydroxylation sites is 1. The van der Waals surface area contributed by atoms with Gasteiger partial charge in [-0.3, -0.25) is 4.79 Å². The summed E-state index contributed by atoms with van der Waals surface area (Å²) in [5.74, 6) is -0.152. The van der Waals surface area contributed by atoms with Crippen LogP contribution in [-0.2, 0) is 4.79 Å². The van der Waals surface area contributed by atoms with Crippen molar-refractivity contribution in [3.05, 3.63) is 60.2 Å². The highest BCUT2D eigenvalue weighted by molar-refractivity contribution is 5.72. The Hall–Kier alpha value is -2.37. The highest BCUT2D eigenvalue weighted by Gasteiger charge is 2.18. The van der Waals surface area contributed by atoms with Gasteiger partial charge in [-0.2, -0.15) is 0 Å². The molecule has 0 fully saturated rings. The van der Waals surface area contributed by atoms with Crippen LogP contribution in [0.2, 0.25) is 0 Å². The standard InChI is InChI=1S/C18H22N2O3/c1-13(21)19-11-10-17(22)18(23)14-6-5-9-16(12-14)20-15-7-3-2-4-8-15/h2-9,12,17-18,20,22-23H,10-11H2,1H3,(H,19,21). The van der Waals surface area contributed by atoms with Crippen LogP contribution in [0.1, 0.15) is 25.0 Å². The number of hydrogen-bond acceptors (Lipinski definition) is 4. The van der Waals surface area contributed by atoms with Gasteiger partial charge in [-0.15, -0.1) is 0 Å². The Balaban J connectivity index is 1.99. The van der Waals surface area contributed by atoms with E-state index in [0.29, 0.717) is 12.1 Å². The Morgan fingerprint density at radius 1 is 1.04 bits per heavy atom. The van der Waals surface area contributed by atoms with E-state index < -0.39 is 12.2 Å². The number of carbonyl (C=O) groups is 1. The van der Waals surface area contributed by atoms with Crippen molar-refractivity contribution in [1.29, 1.82) is 0 Å². The van der Waals surface area contributed by atoms with Gasteiger partial charge in [0.25, 0.3) is 0 Å². The molecule has 0 heterocycles. The summed E-state index contributed by atoms with van der Waals surface area (Å²) in [7, 11) is 0. The molecule has 0 radical (unpaired) electrons.